The monoisotopic (exact) mass is 432 g/mol. The summed E-state index contributed by atoms with van der Waals surface area (Å²) in [4.78, 5) is 12.1. The fourth-order valence-electron chi connectivity index (χ4n) is 2.02. The summed E-state index contributed by atoms with van der Waals surface area (Å²) in [6.07, 6.45) is 0. The summed E-state index contributed by atoms with van der Waals surface area (Å²) in [6, 6.07) is 8.41. The van der Waals surface area contributed by atoms with Crippen molar-refractivity contribution in [3.8, 4) is 0 Å². The Labute approximate surface area is 144 Å². The molecular weight excluding hydrogens is 420 g/mol. The molecule has 0 bridgehead atoms. The van der Waals surface area contributed by atoms with Crippen molar-refractivity contribution in [1.29, 1.82) is 0 Å². The summed E-state index contributed by atoms with van der Waals surface area (Å²) in [7, 11) is 0. The van der Waals surface area contributed by atoms with Crippen molar-refractivity contribution in [1.82, 2.24) is 0 Å². The average Bonchev–Trinajstić information content (AvgIpc) is 2.67. The highest BCUT2D eigenvalue weighted by molar-refractivity contribution is 9.12. The summed E-state index contributed by atoms with van der Waals surface area (Å²) >= 11 is 10.0. The van der Waals surface area contributed by atoms with Gasteiger partial charge in [-0.1, -0.05) is 29.3 Å². The van der Waals surface area contributed by atoms with Crippen LogP contribution in [0.25, 0.3) is 0 Å². The first kappa shape index (κ1) is 16.3. The normalized spacial score (nSPS) is 10.8. The topological polar surface area (TPSA) is 17.1 Å². The minimum atomic E-state index is 0.174. The zero-order valence-corrected chi connectivity index (χ0v) is 16.0. The largest absolute Gasteiger partial charge is 0.293 e. The van der Waals surface area contributed by atoms with E-state index in [1.807, 2.05) is 6.07 Å². The predicted octanol–water partition coefficient (Wildman–Crippen LogP) is 6.01. The Bertz CT molecular complexity index is 615. The molecule has 0 aliphatic carbocycles. The van der Waals surface area contributed by atoms with E-state index in [-0.39, 0.29) is 5.78 Å². The van der Waals surface area contributed by atoms with Gasteiger partial charge in [-0.15, -0.1) is 23.1 Å². The van der Waals surface area contributed by atoms with E-state index in [0.29, 0.717) is 5.75 Å². The quantitative estimate of drug-likeness (QED) is 0.537. The van der Waals surface area contributed by atoms with Crippen LogP contribution in [0.5, 0.6) is 0 Å². The third-order valence-corrected chi connectivity index (χ3v) is 6.08. The third-order valence-electron chi connectivity index (χ3n) is 2.74. The first-order valence-electron chi connectivity index (χ1n) is 6.08. The molecule has 0 saturated carbocycles. The van der Waals surface area contributed by atoms with Crippen molar-refractivity contribution < 1.29 is 4.79 Å². The van der Waals surface area contributed by atoms with Crippen LogP contribution in [0.2, 0.25) is 0 Å². The van der Waals surface area contributed by atoms with E-state index in [4.69, 9.17) is 0 Å². The molecule has 5 heteroatoms. The standard InChI is InChI=1S/C15H14Br2OS2/c1-9-3-10(2)5-11(4-9)7-19-8-13(18)12-6-14(16)20-15(12)17/h3-6H,7-8H2,1-2H3. The zero-order chi connectivity index (χ0) is 14.7. The molecule has 0 amide bonds. The minimum Gasteiger partial charge on any atom is -0.293 e. The van der Waals surface area contributed by atoms with E-state index in [1.165, 1.54) is 28.0 Å². The highest BCUT2D eigenvalue weighted by Gasteiger charge is 2.13. The van der Waals surface area contributed by atoms with Gasteiger partial charge in [0.05, 0.1) is 13.3 Å². The number of thiophene rings is 1. The summed E-state index contributed by atoms with van der Waals surface area (Å²) < 4.78 is 1.88. The first-order valence-corrected chi connectivity index (χ1v) is 9.64. The Balaban J connectivity index is 1.92. The van der Waals surface area contributed by atoms with Crippen LogP contribution in [0.4, 0.5) is 0 Å². The Hall–Kier alpha value is -0.100. The van der Waals surface area contributed by atoms with Gasteiger partial charge < -0.3 is 0 Å². The van der Waals surface area contributed by atoms with Gasteiger partial charge in [-0.2, -0.15) is 0 Å². The molecule has 0 spiro atoms. The molecule has 0 atom stereocenters. The molecule has 1 nitrogen and oxygen atoms in total. The number of aryl methyl sites for hydroxylation is 2. The second-order valence-corrected chi connectivity index (χ2v) is 9.38. The smallest absolute Gasteiger partial charge is 0.174 e. The van der Waals surface area contributed by atoms with E-state index in [2.05, 4.69) is 63.9 Å². The van der Waals surface area contributed by atoms with Gasteiger partial charge in [-0.05, 0) is 57.3 Å². The number of ketones is 1. The van der Waals surface area contributed by atoms with E-state index in [0.717, 1.165) is 18.9 Å². The molecule has 0 aliphatic heterocycles. The van der Waals surface area contributed by atoms with Crippen LogP contribution in [0.1, 0.15) is 27.0 Å². The summed E-state index contributed by atoms with van der Waals surface area (Å²) in [6.45, 7) is 4.21. The van der Waals surface area contributed by atoms with Crippen LogP contribution in [-0.4, -0.2) is 11.5 Å². The Kier molecular flexibility index (Phi) is 5.90. The number of thioether (sulfide) groups is 1. The number of Topliss-reactive ketones (excluding diaryl/α,β-unsaturated/α-hetero) is 1. The number of carbonyl (C=O) groups is 1. The minimum absolute atomic E-state index is 0.174. The van der Waals surface area contributed by atoms with Gasteiger partial charge in [0.2, 0.25) is 0 Å². The molecule has 0 N–H and O–H groups in total. The first-order chi connectivity index (χ1) is 9.45. The Morgan fingerprint density at radius 2 is 1.80 bits per heavy atom. The van der Waals surface area contributed by atoms with Crippen LogP contribution >= 0.6 is 55.0 Å². The van der Waals surface area contributed by atoms with Crippen molar-refractivity contribution >= 4 is 60.7 Å². The molecule has 1 heterocycles. The molecule has 0 fully saturated rings. The van der Waals surface area contributed by atoms with Gasteiger partial charge in [0.25, 0.3) is 0 Å². The van der Waals surface area contributed by atoms with E-state index in [1.54, 1.807) is 11.8 Å². The van der Waals surface area contributed by atoms with Crippen LogP contribution in [0.15, 0.2) is 31.8 Å². The number of rotatable bonds is 5. The van der Waals surface area contributed by atoms with Crippen molar-refractivity contribution in [3.63, 3.8) is 0 Å². The van der Waals surface area contributed by atoms with E-state index in [9.17, 15) is 4.79 Å². The van der Waals surface area contributed by atoms with Gasteiger partial charge in [-0.3, -0.25) is 4.79 Å². The van der Waals surface area contributed by atoms with Crippen LogP contribution in [-0.2, 0) is 5.75 Å². The Morgan fingerprint density at radius 1 is 1.15 bits per heavy atom. The molecule has 1 aromatic heterocycles. The zero-order valence-electron chi connectivity index (χ0n) is 11.2. The maximum Gasteiger partial charge on any atom is 0.174 e. The van der Waals surface area contributed by atoms with E-state index < -0.39 is 0 Å². The molecule has 106 valence electrons. The number of carbonyl (C=O) groups excluding carboxylic acids is 1. The summed E-state index contributed by atoms with van der Waals surface area (Å²) in [5.74, 6) is 1.56. The van der Waals surface area contributed by atoms with E-state index >= 15 is 0 Å². The molecule has 2 rings (SSSR count). The fourth-order valence-corrected chi connectivity index (χ4v) is 5.72. The molecule has 0 aliphatic rings. The highest BCUT2D eigenvalue weighted by Crippen LogP contribution is 2.32. The van der Waals surface area contributed by atoms with Gasteiger partial charge in [0.1, 0.15) is 0 Å². The number of benzene rings is 1. The molecule has 0 saturated heterocycles. The summed E-state index contributed by atoms with van der Waals surface area (Å²) in [5.41, 5.74) is 4.61. The lowest BCUT2D eigenvalue weighted by atomic mass is 10.1. The van der Waals surface area contributed by atoms with Crippen LogP contribution in [0.3, 0.4) is 0 Å². The van der Waals surface area contributed by atoms with Crippen LogP contribution < -0.4 is 0 Å². The molecule has 0 radical (unpaired) electrons. The third kappa shape index (κ3) is 4.45. The molecular formula is C15H14Br2OS2. The van der Waals surface area contributed by atoms with Crippen molar-refractivity contribution in [3.05, 3.63) is 54.1 Å². The number of hydrogen-bond acceptors (Lipinski definition) is 3. The Morgan fingerprint density at radius 3 is 2.35 bits per heavy atom. The molecule has 20 heavy (non-hydrogen) atoms. The molecule has 0 unspecified atom stereocenters. The number of halogens is 2. The van der Waals surface area contributed by atoms with Gasteiger partial charge >= 0.3 is 0 Å². The lowest BCUT2D eigenvalue weighted by Gasteiger charge is -2.04. The van der Waals surface area contributed by atoms with Crippen molar-refractivity contribution in [2.24, 2.45) is 0 Å². The van der Waals surface area contributed by atoms with Gasteiger partial charge in [0, 0.05) is 11.3 Å². The lowest BCUT2D eigenvalue weighted by molar-refractivity contribution is 0.102. The van der Waals surface area contributed by atoms with Crippen molar-refractivity contribution in [2.75, 3.05) is 5.75 Å². The van der Waals surface area contributed by atoms with Crippen molar-refractivity contribution in [2.45, 2.75) is 19.6 Å². The molecule has 2 aromatic rings. The average molecular weight is 434 g/mol. The van der Waals surface area contributed by atoms with Crippen LogP contribution in [0, 0.1) is 13.8 Å². The SMILES string of the molecule is Cc1cc(C)cc(CSCC(=O)c2cc(Br)sc2Br)c1. The number of hydrogen-bond donors (Lipinski definition) is 0. The summed E-state index contributed by atoms with van der Waals surface area (Å²) in [5, 5.41) is 0. The maximum atomic E-state index is 12.1. The second kappa shape index (κ2) is 7.25. The van der Waals surface area contributed by atoms with Gasteiger partial charge in [-0.25, -0.2) is 0 Å². The lowest BCUT2D eigenvalue weighted by Crippen LogP contribution is -2.01. The highest BCUT2D eigenvalue weighted by atomic mass is 79.9. The maximum absolute atomic E-state index is 12.1. The van der Waals surface area contributed by atoms with Gasteiger partial charge in [0.15, 0.2) is 5.78 Å². The second-order valence-electron chi connectivity index (χ2n) is 4.65. The fraction of sp³-hybridized carbons (Fsp3) is 0.267. The molecule has 1 aromatic carbocycles. The predicted molar refractivity (Wildman–Crippen MR) is 96.1 cm³/mol.